The van der Waals surface area contributed by atoms with Gasteiger partial charge in [-0.2, -0.15) is 18.3 Å². The van der Waals surface area contributed by atoms with Crippen LogP contribution in [-0.2, 0) is 11.3 Å². The molecule has 0 radical (unpaired) electrons. The van der Waals surface area contributed by atoms with Gasteiger partial charge in [0.05, 0.1) is 24.2 Å². The third-order valence-electron chi connectivity index (χ3n) is 5.26. The van der Waals surface area contributed by atoms with Gasteiger partial charge in [-0.05, 0) is 26.7 Å². The van der Waals surface area contributed by atoms with Crippen molar-refractivity contribution in [3.63, 3.8) is 0 Å². The largest absolute Gasteiger partial charge is 0.490 e. The topological polar surface area (TPSA) is 141 Å². The molecular weight excluding hydrogens is 431 g/mol. The summed E-state index contributed by atoms with van der Waals surface area (Å²) >= 11 is 0. The summed E-state index contributed by atoms with van der Waals surface area (Å²) in [5.41, 5.74) is 10.4. The van der Waals surface area contributed by atoms with Crippen LogP contribution in [0.15, 0.2) is 12.5 Å². The first-order valence-corrected chi connectivity index (χ1v) is 9.81. The number of amides is 1. The van der Waals surface area contributed by atoms with Gasteiger partial charge in [0.1, 0.15) is 23.5 Å². The molecule has 170 valence electrons. The smallest absolute Gasteiger partial charge is 0.475 e. The third kappa shape index (κ3) is 3.52. The van der Waals surface area contributed by atoms with E-state index in [0.29, 0.717) is 24.1 Å². The van der Waals surface area contributed by atoms with Crippen molar-refractivity contribution in [3.05, 3.63) is 23.9 Å². The number of halogens is 3. The molecule has 5 rings (SSSR count). The van der Waals surface area contributed by atoms with E-state index in [1.807, 2.05) is 4.68 Å². The Balaban J connectivity index is 0.000000307. The van der Waals surface area contributed by atoms with E-state index < -0.39 is 12.1 Å². The highest BCUT2D eigenvalue weighted by molar-refractivity contribution is 6.09. The number of alkyl halides is 3. The van der Waals surface area contributed by atoms with Crippen molar-refractivity contribution < 1.29 is 27.9 Å². The Labute approximate surface area is 179 Å². The summed E-state index contributed by atoms with van der Waals surface area (Å²) in [6, 6.07) is 0.501. The lowest BCUT2D eigenvalue weighted by Gasteiger charge is -2.14. The van der Waals surface area contributed by atoms with Crippen molar-refractivity contribution in [1.82, 2.24) is 29.6 Å². The van der Waals surface area contributed by atoms with Crippen molar-refractivity contribution >= 4 is 28.7 Å². The molecule has 10 nitrogen and oxygen atoms in total. The number of nitrogens with two attached hydrogens (primary N) is 1. The highest BCUT2D eigenvalue weighted by Gasteiger charge is 2.38. The van der Waals surface area contributed by atoms with E-state index in [2.05, 4.69) is 38.8 Å². The van der Waals surface area contributed by atoms with Gasteiger partial charge in [0.2, 0.25) is 0 Å². The van der Waals surface area contributed by atoms with Gasteiger partial charge in [0, 0.05) is 22.9 Å². The molecule has 32 heavy (non-hydrogen) atoms. The minimum absolute atomic E-state index is 0.0884. The van der Waals surface area contributed by atoms with Crippen LogP contribution in [0.2, 0.25) is 0 Å². The van der Waals surface area contributed by atoms with E-state index >= 15 is 0 Å². The van der Waals surface area contributed by atoms with Crippen molar-refractivity contribution in [2.75, 3.05) is 5.73 Å². The monoisotopic (exact) mass is 451 g/mol. The number of nitrogens with zero attached hydrogens (tertiary/aromatic N) is 5. The molecule has 13 heteroatoms. The quantitative estimate of drug-likeness (QED) is 0.544. The highest BCUT2D eigenvalue weighted by Crippen LogP contribution is 2.43. The maximum Gasteiger partial charge on any atom is 0.490 e. The second-order valence-electron chi connectivity index (χ2n) is 7.81. The van der Waals surface area contributed by atoms with E-state index in [0.717, 1.165) is 40.7 Å². The number of nitrogen functional groups attached to an aromatic ring is 1. The Bertz CT molecular complexity index is 1230. The van der Waals surface area contributed by atoms with E-state index in [1.165, 1.54) is 6.33 Å². The van der Waals surface area contributed by atoms with Gasteiger partial charge in [0.15, 0.2) is 0 Å². The number of nitrogens with one attached hydrogen (secondary N) is 1. The fourth-order valence-corrected chi connectivity index (χ4v) is 3.84. The number of carboxylic acids is 1. The molecule has 0 atom stereocenters. The molecule has 1 saturated carbocycles. The Morgan fingerprint density at radius 2 is 1.97 bits per heavy atom. The maximum atomic E-state index is 12.7. The molecule has 0 spiro atoms. The Morgan fingerprint density at radius 1 is 1.31 bits per heavy atom. The van der Waals surface area contributed by atoms with Crippen molar-refractivity contribution in [3.8, 4) is 11.1 Å². The standard InChI is InChI=1S/C17H19N7O.C2HF3O2/c1-8(2)23-11-6-19-17(25)14-10(5-22-24(14)9-3-4-9)12(11)13-15(18)20-7-21-16(13)23;3-2(4,5)1(6)7/h5,7-9H,3-4,6H2,1-2H3,(H,19,25)(H2,18,20,21);(H,6,7). The average Bonchev–Trinajstić information content (AvgIpc) is 3.38. The van der Waals surface area contributed by atoms with Gasteiger partial charge in [-0.3, -0.25) is 9.48 Å². The van der Waals surface area contributed by atoms with Gasteiger partial charge in [-0.15, -0.1) is 0 Å². The summed E-state index contributed by atoms with van der Waals surface area (Å²) in [7, 11) is 0. The van der Waals surface area contributed by atoms with Crippen molar-refractivity contribution in [2.24, 2.45) is 0 Å². The number of fused-ring (bicyclic) bond motifs is 5. The van der Waals surface area contributed by atoms with Gasteiger partial charge < -0.3 is 20.7 Å². The zero-order valence-electron chi connectivity index (χ0n) is 17.1. The molecule has 0 saturated heterocycles. The first-order chi connectivity index (χ1) is 15.0. The lowest BCUT2D eigenvalue weighted by atomic mass is 10.0. The molecule has 2 aliphatic rings. The van der Waals surface area contributed by atoms with Crippen LogP contribution in [0.25, 0.3) is 22.2 Å². The number of carbonyl (C=O) groups excluding carboxylic acids is 1. The van der Waals surface area contributed by atoms with Crippen LogP contribution in [0.5, 0.6) is 0 Å². The summed E-state index contributed by atoms with van der Waals surface area (Å²) in [5.74, 6) is -2.41. The SMILES string of the molecule is CC(C)n1c2c(c3c(N)ncnc31)-c1cnn(C3CC3)c1C(=O)NC2.O=C(O)C(F)(F)F. The zero-order chi connectivity index (χ0) is 23.4. The lowest BCUT2D eigenvalue weighted by Crippen LogP contribution is -2.25. The zero-order valence-corrected chi connectivity index (χ0v) is 17.1. The first kappa shape index (κ1) is 21.6. The van der Waals surface area contributed by atoms with Crippen LogP contribution >= 0.6 is 0 Å². The number of aromatic nitrogens is 5. The number of rotatable bonds is 2. The average molecular weight is 451 g/mol. The molecule has 1 amide bonds. The number of aliphatic carboxylic acids is 1. The summed E-state index contributed by atoms with van der Waals surface area (Å²) < 4.78 is 35.7. The summed E-state index contributed by atoms with van der Waals surface area (Å²) in [5, 5.41) is 15.5. The number of anilines is 1. The highest BCUT2D eigenvalue weighted by atomic mass is 19.4. The van der Waals surface area contributed by atoms with E-state index in [1.54, 1.807) is 6.20 Å². The minimum atomic E-state index is -5.08. The summed E-state index contributed by atoms with van der Waals surface area (Å²) in [4.78, 5) is 30.3. The number of carbonyl (C=O) groups is 2. The van der Waals surface area contributed by atoms with Gasteiger partial charge in [-0.25, -0.2) is 14.8 Å². The van der Waals surface area contributed by atoms with Crippen molar-refractivity contribution in [1.29, 1.82) is 0 Å². The van der Waals surface area contributed by atoms with Crippen LogP contribution in [0, 0.1) is 0 Å². The minimum Gasteiger partial charge on any atom is -0.475 e. The van der Waals surface area contributed by atoms with Crippen LogP contribution in [0.1, 0.15) is 55.0 Å². The molecule has 0 unspecified atom stereocenters. The first-order valence-electron chi connectivity index (χ1n) is 9.81. The molecule has 3 aromatic heterocycles. The molecule has 4 heterocycles. The van der Waals surface area contributed by atoms with Gasteiger partial charge in [-0.1, -0.05) is 0 Å². The van der Waals surface area contributed by atoms with Crippen LogP contribution in [0.3, 0.4) is 0 Å². The third-order valence-corrected chi connectivity index (χ3v) is 5.26. The second kappa shape index (κ2) is 7.50. The van der Waals surface area contributed by atoms with Crippen molar-refractivity contribution in [2.45, 2.75) is 51.5 Å². The van der Waals surface area contributed by atoms with E-state index in [9.17, 15) is 18.0 Å². The number of hydrogen-bond donors (Lipinski definition) is 3. The van der Waals surface area contributed by atoms with Crippen LogP contribution in [-0.4, -0.2) is 47.5 Å². The van der Waals surface area contributed by atoms with E-state index in [-0.39, 0.29) is 11.9 Å². The molecule has 1 aliphatic heterocycles. The predicted octanol–water partition coefficient (Wildman–Crippen LogP) is 2.67. The van der Waals surface area contributed by atoms with Crippen LogP contribution in [0.4, 0.5) is 19.0 Å². The molecule has 1 fully saturated rings. The Hall–Kier alpha value is -3.64. The molecule has 3 aromatic rings. The molecular formula is C19H20F3N7O3. The van der Waals surface area contributed by atoms with Gasteiger partial charge >= 0.3 is 12.1 Å². The lowest BCUT2D eigenvalue weighted by molar-refractivity contribution is -0.192. The number of hydrogen-bond acceptors (Lipinski definition) is 6. The molecule has 0 aromatic carbocycles. The molecule has 0 bridgehead atoms. The number of carboxylic acid groups (broad SMARTS) is 1. The molecule has 1 aliphatic carbocycles. The second-order valence-corrected chi connectivity index (χ2v) is 7.81. The van der Waals surface area contributed by atoms with Gasteiger partial charge in [0.25, 0.3) is 5.91 Å². The fourth-order valence-electron chi connectivity index (χ4n) is 3.84. The summed E-state index contributed by atoms with van der Waals surface area (Å²) in [6.07, 6.45) is 0.317. The van der Waals surface area contributed by atoms with Crippen LogP contribution < -0.4 is 11.1 Å². The Kier molecular flexibility index (Phi) is 5.06. The summed E-state index contributed by atoms with van der Waals surface area (Å²) in [6.45, 7) is 4.63. The maximum absolute atomic E-state index is 12.7. The predicted molar refractivity (Wildman–Crippen MR) is 107 cm³/mol. The Morgan fingerprint density at radius 3 is 2.53 bits per heavy atom. The molecule has 4 N–H and O–H groups in total. The van der Waals surface area contributed by atoms with E-state index in [4.69, 9.17) is 15.6 Å². The fraction of sp³-hybridized carbons (Fsp3) is 0.421. The normalized spacial score (nSPS) is 15.5.